The summed E-state index contributed by atoms with van der Waals surface area (Å²) < 4.78 is 5.00. The molecule has 0 aliphatic rings. The van der Waals surface area contributed by atoms with Gasteiger partial charge in [-0.2, -0.15) is 0 Å². The number of carboxylic acid groups (broad SMARTS) is 1. The predicted octanol–water partition coefficient (Wildman–Crippen LogP) is 2.53. The topological polar surface area (TPSA) is 121 Å². The number of rotatable bonds is 7. The number of carbonyl (C=O) groups is 3. The fourth-order valence-corrected chi connectivity index (χ4v) is 2.28. The maximum atomic E-state index is 12.4. The van der Waals surface area contributed by atoms with Crippen LogP contribution in [0.4, 0.5) is 5.69 Å². The molecule has 138 valence electrons. The van der Waals surface area contributed by atoms with Crippen LogP contribution in [0, 0.1) is 5.92 Å². The first kappa shape index (κ1) is 19.3. The van der Waals surface area contributed by atoms with Crippen molar-refractivity contribution in [1.82, 2.24) is 10.7 Å². The zero-order valence-corrected chi connectivity index (χ0v) is 14.8. The predicted molar refractivity (Wildman–Crippen MR) is 95.0 cm³/mol. The van der Waals surface area contributed by atoms with Gasteiger partial charge in [0.05, 0.1) is 22.5 Å². The SMILES string of the molecule is CC(C)[C@@H](NC(=O)c1ccco1)C(=O)NNc1cc(C(=O)O)ccc1Cl. The second-order valence-corrected chi connectivity index (χ2v) is 6.19. The summed E-state index contributed by atoms with van der Waals surface area (Å²) >= 11 is 5.99. The van der Waals surface area contributed by atoms with E-state index in [2.05, 4.69) is 16.2 Å². The van der Waals surface area contributed by atoms with Gasteiger partial charge in [0.25, 0.3) is 11.8 Å². The maximum Gasteiger partial charge on any atom is 0.335 e. The molecule has 2 amide bonds. The van der Waals surface area contributed by atoms with E-state index in [0.29, 0.717) is 0 Å². The Hall–Kier alpha value is -3.00. The molecule has 8 nitrogen and oxygen atoms in total. The average Bonchev–Trinajstić information content (AvgIpc) is 3.12. The lowest BCUT2D eigenvalue weighted by Gasteiger charge is -2.22. The molecular formula is C17H18ClN3O5. The summed E-state index contributed by atoms with van der Waals surface area (Å²) in [6.45, 7) is 3.54. The van der Waals surface area contributed by atoms with Crippen molar-refractivity contribution in [3.8, 4) is 0 Å². The van der Waals surface area contributed by atoms with Crippen molar-refractivity contribution in [2.45, 2.75) is 19.9 Å². The van der Waals surface area contributed by atoms with Crippen LogP contribution in [0.1, 0.15) is 34.8 Å². The Labute approximate surface area is 154 Å². The summed E-state index contributed by atoms with van der Waals surface area (Å²) in [7, 11) is 0. The number of carboxylic acids is 1. The molecule has 0 unspecified atom stereocenters. The minimum absolute atomic E-state index is 0.0117. The van der Waals surface area contributed by atoms with Gasteiger partial charge in [-0.15, -0.1) is 0 Å². The van der Waals surface area contributed by atoms with Crippen LogP contribution in [0.15, 0.2) is 41.0 Å². The van der Waals surface area contributed by atoms with Gasteiger partial charge in [0, 0.05) is 0 Å². The van der Waals surface area contributed by atoms with E-state index in [0.717, 1.165) is 0 Å². The highest BCUT2D eigenvalue weighted by molar-refractivity contribution is 6.33. The number of amides is 2. The molecule has 4 N–H and O–H groups in total. The van der Waals surface area contributed by atoms with Crippen molar-refractivity contribution < 1.29 is 23.9 Å². The lowest BCUT2D eigenvalue weighted by molar-refractivity contribution is -0.123. The van der Waals surface area contributed by atoms with Crippen LogP contribution < -0.4 is 16.2 Å². The molecule has 9 heteroatoms. The van der Waals surface area contributed by atoms with E-state index in [1.54, 1.807) is 19.9 Å². The standard InChI is InChI=1S/C17H18ClN3O5/c1-9(2)14(19-15(22)13-4-3-7-26-13)16(23)21-20-12-8-10(17(24)25)5-6-11(12)18/h3-9,14,20H,1-2H3,(H,19,22)(H,21,23)(H,24,25)/t14-/m1/s1. The summed E-state index contributed by atoms with van der Waals surface area (Å²) in [6, 6.07) is 6.24. The second kappa shape index (κ2) is 8.39. The smallest absolute Gasteiger partial charge is 0.335 e. The summed E-state index contributed by atoms with van der Waals surface area (Å²) in [5.41, 5.74) is 5.24. The van der Waals surface area contributed by atoms with Crippen molar-refractivity contribution in [3.63, 3.8) is 0 Å². The fraction of sp³-hybridized carbons (Fsp3) is 0.235. The number of halogens is 1. The molecule has 2 aromatic rings. The Balaban J connectivity index is 2.05. The molecule has 0 fully saturated rings. The molecular weight excluding hydrogens is 362 g/mol. The van der Waals surface area contributed by atoms with Crippen molar-refractivity contribution in [1.29, 1.82) is 0 Å². The number of carbonyl (C=O) groups excluding carboxylic acids is 2. The highest BCUT2D eigenvalue weighted by atomic mass is 35.5. The van der Waals surface area contributed by atoms with E-state index in [9.17, 15) is 14.4 Å². The van der Waals surface area contributed by atoms with Crippen LogP contribution in [-0.4, -0.2) is 28.9 Å². The Morgan fingerprint density at radius 3 is 2.50 bits per heavy atom. The van der Waals surface area contributed by atoms with E-state index in [4.69, 9.17) is 21.1 Å². The average molecular weight is 380 g/mol. The third kappa shape index (κ3) is 4.76. The van der Waals surface area contributed by atoms with Crippen molar-refractivity contribution >= 4 is 35.1 Å². The van der Waals surface area contributed by atoms with Gasteiger partial charge in [0.1, 0.15) is 6.04 Å². The third-order valence-electron chi connectivity index (χ3n) is 3.51. The zero-order valence-electron chi connectivity index (χ0n) is 14.1. The Kier molecular flexibility index (Phi) is 6.24. The van der Waals surface area contributed by atoms with Crippen molar-refractivity contribution in [3.05, 3.63) is 52.9 Å². The van der Waals surface area contributed by atoms with Gasteiger partial charge < -0.3 is 14.8 Å². The molecule has 0 saturated carbocycles. The quantitative estimate of drug-likeness (QED) is 0.548. The van der Waals surface area contributed by atoms with Gasteiger partial charge in [-0.05, 0) is 36.2 Å². The number of hydrazine groups is 1. The minimum atomic E-state index is -1.12. The summed E-state index contributed by atoms with van der Waals surface area (Å²) in [6.07, 6.45) is 1.36. The molecule has 1 aromatic carbocycles. The first-order chi connectivity index (χ1) is 12.3. The molecule has 0 saturated heterocycles. The third-order valence-corrected chi connectivity index (χ3v) is 3.84. The number of benzene rings is 1. The second-order valence-electron chi connectivity index (χ2n) is 5.79. The van der Waals surface area contributed by atoms with Crippen LogP contribution in [0.3, 0.4) is 0 Å². The van der Waals surface area contributed by atoms with Crippen LogP contribution in [0.5, 0.6) is 0 Å². The van der Waals surface area contributed by atoms with Gasteiger partial charge in [-0.3, -0.25) is 20.4 Å². The highest BCUT2D eigenvalue weighted by Gasteiger charge is 2.25. The highest BCUT2D eigenvalue weighted by Crippen LogP contribution is 2.22. The van der Waals surface area contributed by atoms with Gasteiger partial charge in [-0.1, -0.05) is 25.4 Å². The van der Waals surface area contributed by atoms with Crippen LogP contribution in [0.2, 0.25) is 5.02 Å². The number of hydrogen-bond donors (Lipinski definition) is 4. The molecule has 1 heterocycles. The van der Waals surface area contributed by atoms with Gasteiger partial charge in [-0.25, -0.2) is 4.79 Å². The lowest BCUT2D eigenvalue weighted by Crippen LogP contribution is -2.51. The summed E-state index contributed by atoms with van der Waals surface area (Å²) in [4.78, 5) is 35.5. The van der Waals surface area contributed by atoms with Crippen molar-refractivity contribution in [2.75, 3.05) is 5.43 Å². The molecule has 1 atom stereocenters. The van der Waals surface area contributed by atoms with Gasteiger partial charge in [0.2, 0.25) is 0 Å². The zero-order chi connectivity index (χ0) is 19.3. The normalized spacial score (nSPS) is 11.7. The largest absolute Gasteiger partial charge is 0.478 e. The number of anilines is 1. The number of nitrogens with one attached hydrogen (secondary N) is 3. The molecule has 2 rings (SSSR count). The van der Waals surface area contributed by atoms with Crippen LogP contribution in [-0.2, 0) is 4.79 Å². The molecule has 1 aromatic heterocycles. The molecule has 0 radical (unpaired) electrons. The van der Waals surface area contributed by atoms with E-state index in [1.807, 2.05) is 0 Å². The monoisotopic (exact) mass is 379 g/mol. The van der Waals surface area contributed by atoms with E-state index < -0.39 is 23.8 Å². The van der Waals surface area contributed by atoms with Crippen molar-refractivity contribution in [2.24, 2.45) is 5.92 Å². The number of furan rings is 1. The minimum Gasteiger partial charge on any atom is -0.478 e. The van der Waals surface area contributed by atoms with E-state index >= 15 is 0 Å². The first-order valence-electron chi connectivity index (χ1n) is 7.72. The summed E-state index contributed by atoms with van der Waals surface area (Å²) in [5, 5.41) is 11.8. The van der Waals surface area contributed by atoms with E-state index in [1.165, 1.54) is 30.5 Å². The lowest BCUT2D eigenvalue weighted by atomic mass is 10.0. The van der Waals surface area contributed by atoms with Gasteiger partial charge >= 0.3 is 5.97 Å². The number of aromatic carboxylic acids is 1. The fourth-order valence-electron chi connectivity index (χ4n) is 2.12. The van der Waals surface area contributed by atoms with Crippen LogP contribution >= 0.6 is 11.6 Å². The molecule has 0 aliphatic carbocycles. The maximum absolute atomic E-state index is 12.4. The molecule has 0 spiro atoms. The number of hydrogen-bond acceptors (Lipinski definition) is 5. The van der Waals surface area contributed by atoms with E-state index in [-0.39, 0.29) is 28.0 Å². The summed E-state index contributed by atoms with van der Waals surface area (Å²) in [5.74, 6) is -2.28. The van der Waals surface area contributed by atoms with Crippen LogP contribution in [0.25, 0.3) is 0 Å². The Bertz CT molecular complexity index is 805. The molecule has 26 heavy (non-hydrogen) atoms. The Morgan fingerprint density at radius 1 is 1.19 bits per heavy atom. The molecule has 0 aliphatic heterocycles. The van der Waals surface area contributed by atoms with Gasteiger partial charge in [0.15, 0.2) is 5.76 Å². The Morgan fingerprint density at radius 2 is 1.92 bits per heavy atom. The molecule has 0 bridgehead atoms. The first-order valence-corrected chi connectivity index (χ1v) is 8.10.